The molecule has 4 rings (SSSR count). The molecule has 30 heavy (non-hydrogen) atoms. The first-order chi connectivity index (χ1) is 14.2. The Labute approximate surface area is 176 Å². The Morgan fingerprint density at radius 3 is 2.33 bits per heavy atom. The minimum absolute atomic E-state index is 0.135. The summed E-state index contributed by atoms with van der Waals surface area (Å²) in [5, 5.41) is 4.31. The lowest BCUT2D eigenvalue weighted by molar-refractivity contribution is -0.131. The van der Waals surface area contributed by atoms with E-state index in [2.05, 4.69) is 5.10 Å². The number of nitrogens with zero attached hydrogens (tertiary/aromatic N) is 4. The van der Waals surface area contributed by atoms with Gasteiger partial charge >= 0.3 is 0 Å². The summed E-state index contributed by atoms with van der Waals surface area (Å²) in [7, 11) is -1.84. The first-order valence-corrected chi connectivity index (χ1v) is 11.7. The third-order valence-corrected chi connectivity index (χ3v) is 8.84. The van der Waals surface area contributed by atoms with Crippen molar-refractivity contribution in [2.45, 2.75) is 38.1 Å². The van der Waals surface area contributed by atoms with Gasteiger partial charge in [-0.1, -0.05) is 30.3 Å². The number of carbonyl (C=O) groups excluding carboxylic acids is 2. The Hall–Kier alpha value is -2.68. The van der Waals surface area contributed by atoms with Crippen molar-refractivity contribution in [2.75, 3.05) is 18.8 Å². The number of sulfone groups is 1. The highest BCUT2D eigenvalue weighted by molar-refractivity contribution is 7.93. The average molecular weight is 431 g/mol. The molecule has 2 saturated heterocycles. The molecule has 0 bridgehead atoms. The molecule has 0 saturated carbocycles. The summed E-state index contributed by atoms with van der Waals surface area (Å²) < 4.78 is 27.7. The summed E-state index contributed by atoms with van der Waals surface area (Å²) >= 11 is 0. The van der Waals surface area contributed by atoms with E-state index in [4.69, 9.17) is 0 Å². The minimum Gasteiger partial charge on any atom is -0.338 e. The molecule has 0 radical (unpaired) electrons. The second-order valence-corrected chi connectivity index (χ2v) is 10.4. The van der Waals surface area contributed by atoms with Gasteiger partial charge in [0.1, 0.15) is 10.6 Å². The lowest BCUT2D eigenvalue weighted by Gasteiger charge is -2.43. The average Bonchev–Trinajstić information content (AvgIpc) is 3.06. The molecule has 2 aliphatic rings. The van der Waals surface area contributed by atoms with Gasteiger partial charge in [0.2, 0.25) is 5.91 Å². The first kappa shape index (κ1) is 20.6. The van der Waals surface area contributed by atoms with Crippen molar-refractivity contribution in [3.8, 4) is 0 Å². The molecule has 8 nitrogen and oxygen atoms in total. The van der Waals surface area contributed by atoms with Crippen LogP contribution >= 0.6 is 0 Å². The Morgan fingerprint density at radius 2 is 1.77 bits per heavy atom. The number of aromatic nitrogens is 2. The molecule has 3 heterocycles. The van der Waals surface area contributed by atoms with Crippen molar-refractivity contribution >= 4 is 21.7 Å². The predicted octanol–water partition coefficient (Wildman–Crippen LogP) is 1.43. The standard InChI is InChI=1S/C21H26N4O4S/c1-15-19(16(2)23(3)22-15)20(27)24-11-9-21(10-12-24)25(18(26)14-30(21,28)29)13-17-7-5-4-6-8-17/h4-8H,9-14H2,1-3H3. The summed E-state index contributed by atoms with van der Waals surface area (Å²) in [5.41, 5.74) is 2.91. The number of hydrogen-bond acceptors (Lipinski definition) is 5. The number of hydrogen-bond donors (Lipinski definition) is 0. The van der Waals surface area contributed by atoms with Gasteiger partial charge in [-0.25, -0.2) is 8.42 Å². The van der Waals surface area contributed by atoms with Crippen LogP contribution in [0.4, 0.5) is 0 Å². The quantitative estimate of drug-likeness (QED) is 0.734. The zero-order valence-corrected chi connectivity index (χ0v) is 18.3. The third kappa shape index (κ3) is 3.12. The fraction of sp³-hybridized carbons (Fsp3) is 0.476. The molecule has 1 spiro atoms. The molecule has 0 unspecified atom stereocenters. The molecule has 2 aromatic rings. The fourth-order valence-corrected chi connectivity index (χ4v) is 6.71. The second-order valence-electron chi connectivity index (χ2n) is 8.13. The van der Waals surface area contributed by atoms with Gasteiger partial charge in [0.05, 0.1) is 11.3 Å². The highest BCUT2D eigenvalue weighted by Gasteiger charge is 2.58. The number of rotatable bonds is 3. The van der Waals surface area contributed by atoms with Gasteiger partial charge in [-0.3, -0.25) is 14.3 Å². The second kappa shape index (κ2) is 7.23. The number of benzene rings is 1. The van der Waals surface area contributed by atoms with Crippen LogP contribution in [-0.4, -0.2) is 63.5 Å². The molecule has 1 aromatic carbocycles. The Balaban J connectivity index is 1.59. The van der Waals surface area contributed by atoms with Crippen LogP contribution in [-0.2, 0) is 28.2 Å². The van der Waals surface area contributed by atoms with Gasteiger partial charge < -0.3 is 9.80 Å². The topological polar surface area (TPSA) is 92.6 Å². The molecule has 2 aliphatic heterocycles. The normalized spacial score (nSPS) is 20.2. The van der Waals surface area contributed by atoms with Crippen LogP contribution < -0.4 is 0 Å². The molecular formula is C21H26N4O4S. The van der Waals surface area contributed by atoms with Crippen LogP contribution in [0.15, 0.2) is 30.3 Å². The van der Waals surface area contributed by atoms with Crippen molar-refractivity contribution in [1.29, 1.82) is 0 Å². The van der Waals surface area contributed by atoms with Crippen molar-refractivity contribution in [2.24, 2.45) is 7.05 Å². The largest absolute Gasteiger partial charge is 0.338 e. The minimum atomic E-state index is -3.63. The zero-order chi connectivity index (χ0) is 21.7. The Bertz CT molecular complexity index is 1100. The van der Waals surface area contributed by atoms with E-state index in [1.807, 2.05) is 37.3 Å². The summed E-state index contributed by atoms with van der Waals surface area (Å²) in [6.45, 7) is 4.47. The van der Waals surface area contributed by atoms with Gasteiger partial charge in [0, 0.05) is 45.2 Å². The van der Waals surface area contributed by atoms with E-state index in [0.29, 0.717) is 11.3 Å². The number of piperidine rings is 1. The lowest BCUT2D eigenvalue weighted by atomic mass is 10.00. The Morgan fingerprint density at radius 1 is 1.13 bits per heavy atom. The SMILES string of the molecule is Cc1nn(C)c(C)c1C(=O)N1CCC2(CC1)N(Cc1ccccc1)C(=O)CS2(=O)=O. The van der Waals surface area contributed by atoms with Crippen molar-refractivity contribution < 1.29 is 18.0 Å². The smallest absolute Gasteiger partial charge is 0.257 e. The maximum absolute atomic E-state index is 13.1. The first-order valence-electron chi connectivity index (χ1n) is 10.0. The highest BCUT2D eigenvalue weighted by atomic mass is 32.2. The van der Waals surface area contributed by atoms with E-state index < -0.39 is 20.5 Å². The zero-order valence-electron chi connectivity index (χ0n) is 17.5. The lowest BCUT2D eigenvalue weighted by Crippen LogP contribution is -2.56. The maximum atomic E-state index is 13.1. The number of aryl methyl sites for hydroxylation is 2. The van der Waals surface area contributed by atoms with E-state index in [1.54, 1.807) is 23.6 Å². The van der Waals surface area contributed by atoms with Crippen LogP contribution in [0.1, 0.15) is 40.2 Å². The molecule has 2 amide bonds. The summed E-state index contributed by atoms with van der Waals surface area (Å²) in [4.78, 5) is 27.7. The van der Waals surface area contributed by atoms with Crippen LogP contribution in [0, 0.1) is 13.8 Å². The van der Waals surface area contributed by atoms with Gasteiger partial charge in [-0.05, 0) is 19.4 Å². The molecular weight excluding hydrogens is 404 g/mol. The van der Waals surface area contributed by atoms with Crippen molar-refractivity contribution in [3.05, 3.63) is 52.8 Å². The Kier molecular flexibility index (Phi) is 4.96. The van der Waals surface area contributed by atoms with Crippen LogP contribution in [0.5, 0.6) is 0 Å². The van der Waals surface area contributed by atoms with Gasteiger partial charge in [-0.2, -0.15) is 5.10 Å². The third-order valence-electron chi connectivity index (χ3n) is 6.42. The monoisotopic (exact) mass is 430 g/mol. The predicted molar refractivity (Wildman–Crippen MR) is 111 cm³/mol. The van der Waals surface area contributed by atoms with E-state index in [-0.39, 0.29) is 44.3 Å². The summed E-state index contributed by atoms with van der Waals surface area (Å²) in [6.07, 6.45) is 0.440. The molecule has 2 fully saturated rings. The van der Waals surface area contributed by atoms with Crippen LogP contribution in [0.3, 0.4) is 0 Å². The van der Waals surface area contributed by atoms with Gasteiger partial charge in [0.25, 0.3) is 5.91 Å². The van der Waals surface area contributed by atoms with Gasteiger partial charge in [0.15, 0.2) is 9.84 Å². The summed E-state index contributed by atoms with van der Waals surface area (Å²) in [6, 6.07) is 9.40. The summed E-state index contributed by atoms with van der Waals surface area (Å²) in [5.74, 6) is -0.962. The number of carbonyl (C=O) groups is 2. The van der Waals surface area contributed by atoms with Crippen molar-refractivity contribution in [1.82, 2.24) is 19.6 Å². The highest BCUT2D eigenvalue weighted by Crippen LogP contribution is 2.41. The molecule has 0 atom stereocenters. The van der Waals surface area contributed by atoms with Gasteiger partial charge in [-0.15, -0.1) is 0 Å². The number of likely N-dealkylation sites (tertiary alicyclic amines) is 1. The van der Waals surface area contributed by atoms with E-state index in [1.165, 1.54) is 4.90 Å². The van der Waals surface area contributed by atoms with Crippen molar-refractivity contribution in [3.63, 3.8) is 0 Å². The van der Waals surface area contributed by atoms with Crippen LogP contribution in [0.25, 0.3) is 0 Å². The maximum Gasteiger partial charge on any atom is 0.257 e. The molecule has 0 N–H and O–H groups in total. The van der Waals surface area contributed by atoms with E-state index in [9.17, 15) is 18.0 Å². The molecule has 1 aromatic heterocycles. The van der Waals surface area contributed by atoms with E-state index in [0.717, 1.165) is 11.3 Å². The molecule has 0 aliphatic carbocycles. The van der Waals surface area contributed by atoms with Crippen LogP contribution in [0.2, 0.25) is 0 Å². The molecule has 9 heteroatoms. The fourth-order valence-electron chi connectivity index (χ4n) is 4.65. The van der Waals surface area contributed by atoms with E-state index >= 15 is 0 Å². The molecule has 160 valence electrons. The number of amides is 2.